The topological polar surface area (TPSA) is 76.5 Å². The maximum absolute atomic E-state index is 16.5. The first-order valence-electron chi connectivity index (χ1n) is 15.8. The van der Waals surface area contributed by atoms with Gasteiger partial charge in [0.2, 0.25) is 0 Å². The molecule has 1 atom stereocenters. The smallest absolute Gasteiger partial charge is 0.263 e. The van der Waals surface area contributed by atoms with Crippen molar-refractivity contribution in [2.75, 3.05) is 39.1 Å². The summed E-state index contributed by atoms with van der Waals surface area (Å²) in [7, 11) is 1.88. The van der Waals surface area contributed by atoms with Gasteiger partial charge in [0.15, 0.2) is 5.83 Å². The Morgan fingerprint density at radius 1 is 1.02 bits per heavy atom. The van der Waals surface area contributed by atoms with Crippen LogP contribution in [0.4, 0.5) is 14.6 Å². The number of ether oxygens (including phenoxy) is 3. The van der Waals surface area contributed by atoms with Crippen LogP contribution in [0, 0.1) is 10.5 Å². The number of hydrogen-bond donors (Lipinski definition) is 0. The predicted octanol–water partition coefficient (Wildman–Crippen LogP) is 8.30. The molecule has 0 saturated heterocycles. The van der Waals surface area contributed by atoms with Gasteiger partial charge >= 0.3 is 0 Å². The molecule has 0 radical (unpaired) electrons. The number of carbonyl (C=O) groups is 1. The molecule has 2 aromatic carbocycles. The van der Waals surface area contributed by atoms with Crippen molar-refractivity contribution < 1.29 is 27.8 Å². The van der Waals surface area contributed by atoms with Crippen LogP contribution in [0.15, 0.2) is 77.1 Å². The third-order valence-electron chi connectivity index (χ3n) is 8.30. The largest absolute Gasteiger partial charge is 0.497 e. The van der Waals surface area contributed by atoms with Gasteiger partial charge in [-0.2, -0.15) is 0 Å². The van der Waals surface area contributed by atoms with Crippen LogP contribution in [-0.2, 0) is 22.6 Å². The van der Waals surface area contributed by atoms with Gasteiger partial charge in [0.05, 0.1) is 25.6 Å². The highest BCUT2D eigenvalue weighted by Crippen LogP contribution is 2.48. The van der Waals surface area contributed by atoms with Crippen molar-refractivity contribution in [1.29, 1.82) is 0 Å². The van der Waals surface area contributed by atoms with Crippen molar-refractivity contribution in [1.82, 2.24) is 9.88 Å². The number of rotatable bonds is 13. The van der Waals surface area contributed by atoms with Gasteiger partial charge in [-0.15, -0.1) is 0 Å². The van der Waals surface area contributed by atoms with Gasteiger partial charge in [-0.3, -0.25) is 14.7 Å². The van der Waals surface area contributed by atoms with E-state index < -0.39 is 30.5 Å². The van der Waals surface area contributed by atoms with Crippen molar-refractivity contribution in [2.24, 2.45) is 4.99 Å². The van der Waals surface area contributed by atoms with Crippen molar-refractivity contribution in [3.05, 3.63) is 98.0 Å². The van der Waals surface area contributed by atoms with Crippen LogP contribution in [0.1, 0.15) is 22.4 Å². The number of hydrogen-bond acceptors (Lipinski definition) is 7. The summed E-state index contributed by atoms with van der Waals surface area (Å²) in [6.45, 7) is 9.80. The number of benzene rings is 2. The fourth-order valence-corrected chi connectivity index (χ4v) is 6.93. The van der Waals surface area contributed by atoms with Gasteiger partial charge in [0.25, 0.3) is 11.0 Å². The van der Waals surface area contributed by atoms with Crippen LogP contribution in [0.3, 0.4) is 0 Å². The lowest BCUT2D eigenvalue weighted by molar-refractivity contribution is -0.132. The molecule has 0 spiro atoms. The Bertz CT molecular complexity index is 1740. The number of alkyl halides is 2. The van der Waals surface area contributed by atoms with E-state index in [0.29, 0.717) is 29.1 Å². The number of carbonyl (C=O) groups excluding carboxylic acids is 1. The summed E-state index contributed by atoms with van der Waals surface area (Å²) in [6.07, 6.45) is 1.34. The van der Waals surface area contributed by atoms with Crippen molar-refractivity contribution in [3.8, 4) is 11.5 Å². The Morgan fingerprint density at radius 3 is 2.12 bits per heavy atom. The van der Waals surface area contributed by atoms with Crippen LogP contribution < -0.4 is 14.4 Å². The molecule has 0 N–H and O–H groups in total. The SMILES string of the molecule is COc1ccc(CN(Cc2ccc(OC)cc2)c2cc(C)c(I)c(C3=CC4=NCN(COCC[Si](C)(C)C)C(=O)C4=C(F)C3(F)Cl)n2)cc1. The molecule has 1 unspecified atom stereocenters. The number of nitrogens with zero attached hydrogens (tertiary/aromatic N) is 4. The van der Waals surface area contributed by atoms with E-state index in [1.54, 1.807) is 14.2 Å². The molecule has 0 saturated carbocycles. The summed E-state index contributed by atoms with van der Waals surface area (Å²) in [5.74, 6) is -0.121. The fraction of sp³-hybridized carbons (Fsp3) is 0.361. The molecule has 1 aromatic heterocycles. The molecule has 1 aliphatic carbocycles. The molecule has 13 heteroatoms. The number of allylic oxidation sites excluding steroid dienone is 3. The van der Waals surface area contributed by atoms with Gasteiger partial charge in [-0.05, 0) is 88.7 Å². The summed E-state index contributed by atoms with van der Waals surface area (Å²) >= 11 is 8.48. The first-order valence-corrected chi connectivity index (χ1v) is 21.0. The minimum Gasteiger partial charge on any atom is -0.497 e. The maximum Gasteiger partial charge on any atom is 0.263 e. The number of aromatic nitrogens is 1. The van der Waals surface area contributed by atoms with E-state index in [4.69, 9.17) is 30.8 Å². The average Bonchev–Trinajstić information content (AvgIpc) is 3.06. The van der Waals surface area contributed by atoms with E-state index >= 15 is 8.78 Å². The lowest BCUT2D eigenvalue weighted by Gasteiger charge is -2.33. The normalized spacial score (nSPS) is 17.8. The van der Waals surface area contributed by atoms with Crippen molar-refractivity contribution in [3.63, 3.8) is 0 Å². The van der Waals surface area contributed by atoms with E-state index in [-0.39, 0.29) is 30.4 Å². The second-order valence-electron chi connectivity index (χ2n) is 13.2. The highest BCUT2D eigenvalue weighted by Gasteiger charge is 2.48. The number of halogens is 4. The zero-order valence-electron chi connectivity index (χ0n) is 28.4. The van der Waals surface area contributed by atoms with Gasteiger partial charge in [0.1, 0.15) is 36.3 Å². The van der Waals surface area contributed by atoms with E-state index in [1.165, 1.54) is 11.0 Å². The van der Waals surface area contributed by atoms with E-state index in [9.17, 15) is 4.79 Å². The molecule has 49 heavy (non-hydrogen) atoms. The number of methoxy groups -OCH3 is 2. The molecule has 3 aromatic rings. The quantitative estimate of drug-likeness (QED) is 0.0748. The fourth-order valence-electron chi connectivity index (χ4n) is 5.37. The minimum absolute atomic E-state index is 0.0266. The van der Waals surface area contributed by atoms with Crippen molar-refractivity contribution in [2.45, 2.75) is 50.8 Å². The summed E-state index contributed by atoms with van der Waals surface area (Å²) in [6, 6.07) is 18.2. The first kappa shape index (κ1) is 36.9. The molecule has 1 aliphatic heterocycles. The van der Waals surface area contributed by atoms with Gasteiger partial charge in [-0.1, -0.05) is 55.5 Å². The molecule has 2 heterocycles. The van der Waals surface area contributed by atoms with Gasteiger partial charge < -0.3 is 19.1 Å². The lowest BCUT2D eigenvalue weighted by Crippen LogP contribution is -2.43. The summed E-state index contributed by atoms with van der Waals surface area (Å²) in [5.41, 5.74) is 2.26. The average molecular weight is 821 g/mol. The van der Waals surface area contributed by atoms with Crippen LogP contribution in [0.25, 0.3) is 5.57 Å². The van der Waals surface area contributed by atoms with Crippen LogP contribution in [-0.4, -0.2) is 68.9 Å². The van der Waals surface area contributed by atoms with E-state index in [0.717, 1.165) is 34.2 Å². The summed E-state index contributed by atoms with van der Waals surface area (Å²) in [5, 5.41) is -3.15. The molecular weight excluding hydrogens is 781 g/mol. The zero-order chi connectivity index (χ0) is 35.5. The number of aliphatic imine (C=N–C) groups is 1. The standard InChI is InChI=1S/C36H40ClF2IN4O4Si/c1-23-17-30(43(19-24-7-11-26(46-2)12-8-24)20-25-9-13-27(47-3)14-10-25)42-33(32(23)40)28-18-29-31(34(38)36(28,37)39)35(45)44(21-41-29)22-48-15-16-49(4,5)6/h7-14,17-18H,15-16,19-22H2,1-6H3. The second kappa shape index (κ2) is 15.3. The summed E-state index contributed by atoms with van der Waals surface area (Å²) < 4.78 is 49.6. The monoisotopic (exact) mass is 820 g/mol. The molecule has 1 amide bonds. The molecule has 260 valence electrons. The number of fused-ring (bicyclic) bond motifs is 1. The Hall–Kier alpha value is -3.33. The van der Waals surface area contributed by atoms with E-state index in [1.807, 2.05) is 66.4 Å². The molecular formula is C36H40ClF2IN4O4Si. The molecule has 0 bridgehead atoms. The third kappa shape index (κ3) is 8.52. The Kier molecular flexibility index (Phi) is 11.5. The maximum atomic E-state index is 16.5. The lowest BCUT2D eigenvalue weighted by atomic mass is 9.90. The first-order chi connectivity index (χ1) is 23.2. The number of aryl methyl sites for hydroxylation is 1. The minimum atomic E-state index is -3.15. The van der Waals surface area contributed by atoms with Gasteiger partial charge in [-0.25, -0.2) is 13.8 Å². The van der Waals surface area contributed by atoms with Crippen molar-refractivity contribution >= 4 is 65.3 Å². The third-order valence-corrected chi connectivity index (χ3v) is 11.7. The highest BCUT2D eigenvalue weighted by atomic mass is 127. The molecule has 0 fully saturated rings. The highest BCUT2D eigenvalue weighted by molar-refractivity contribution is 14.1. The predicted molar refractivity (Wildman–Crippen MR) is 201 cm³/mol. The van der Waals surface area contributed by atoms with E-state index in [2.05, 4.69) is 47.2 Å². The second-order valence-corrected chi connectivity index (χ2v) is 20.4. The number of amides is 1. The van der Waals surface area contributed by atoms with Crippen LogP contribution in [0.2, 0.25) is 25.7 Å². The van der Waals surface area contributed by atoms with Crippen LogP contribution in [0.5, 0.6) is 11.5 Å². The zero-order valence-corrected chi connectivity index (χ0v) is 32.4. The summed E-state index contributed by atoms with van der Waals surface area (Å²) in [4.78, 5) is 26.0. The Morgan fingerprint density at radius 2 is 1.59 bits per heavy atom. The number of anilines is 1. The Labute approximate surface area is 306 Å². The molecule has 2 aliphatic rings. The number of pyridine rings is 1. The van der Waals surface area contributed by atoms with Gasteiger partial charge in [0, 0.05) is 36.9 Å². The molecule has 8 nitrogen and oxygen atoms in total. The van der Waals surface area contributed by atoms with Crippen LogP contribution >= 0.6 is 34.2 Å². The molecule has 5 rings (SSSR count). The Balaban J connectivity index is 1.50.